The zero-order valence-corrected chi connectivity index (χ0v) is 8.98. The summed E-state index contributed by atoms with van der Waals surface area (Å²) in [5.74, 6) is 0. The van der Waals surface area contributed by atoms with E-state index in [0.29, 0.717) is 0 Å². The molecule has 8 heteroatoms. The Bertz CT molecular complexity index is 67.1. The van der Waals surface area contributed by atoms with Crippen molar-refractivity contribution in [3.63, 3.8) is 0 Å². The van der Waals surface area contributed by atoms with Gasteiger partial charge in [0.05, 0.1) is 0 Å². The maximum atomic E-state index is 9.91. The molecule has 0 aromatic carbocycles. The van der Waals surface area contributed by atoms with Crippen LogP contribution in [0, 0.1) is 0 Å². The molecule has 54 valence electrons. The first-order valence-corrected chi connectivity index (χ1v) is 5.87. The second-order valence-corrected chi connectivity index (χ2v) is 5.55. The Morgan fingerprint density at radius 2 is 0.625 bits per heavy atom. The maximum Gasteiger partial charge on any atom is 1.00 e. The number of halogens is 6. The predicted molar refractivity (Wildman–Crippen MR) is 6.65 cm³/mol. The van der Waals surface area contributed by atoms with E-state index in [2.05, 4.69) is 0 Å². The SMILES string of the molecule is [F][Pt-2]([F])([F])([F])([F])[F].[K+]. The van der Waals surface area contributed by atoms with Crippen molar-refractivity contribution in [2.45, 2.75) is 0 Å². The molecule has 0 aliphatic rings. The molecule has 0 radical (unpaired) electrons. The molecule has 0 unspecified atom stereocenters. The van der Waals surface area contributed by atoms with Crippen LogP contribution in [-0.4, -0.2) is 0 Å². The van der Waals surface area contributed by atoms with E-state index < -0.39 is 16.7 Å². The van der Waals surface area contributed by atoms with Crippen molar-refractivity contribution in [1.29, 1.82) is 0 Å². The Labute approximate surface area is 85.4 Å². The van der Waals surface area contributed by atoms with Crippen LogP contribution in [0.25, 0.3) is 0 Å². The molecule has 8 heavy (non-hydrogen) atoms. The van der Waals surface area contributed by atoms with Crippen LogP contribution in [-0.2, 0) is 16.7 Å². The molecule has 0 aliphatic heterocycles. The van der Waals surface area contributed by atoms with Gasteiger partial charge in [-0.2, -0.15) is 0 Å². The van der Waals surface area contributed by atoms with Gasteiger partial charge in [-0.05, 0) is 0 Å². The van der Waals surface area contributed by atoms with Gasteiger partial charge in [-0.3, -0.25) is 0 Å². The minimum absolute atomic E-state index is 0. The van der Waals surface area contributed by atoms with E-state index in [9.17, 15) is 18.9 Å². The fraction of sp³-hybridized carbons (Fsp3) is 0. The molecule has 0 saturated heterocycles. The van der Waals surface area contributed by atoms with Crippen LogP contribution < -0.4 is 51.4 Å². The predicted octanol–water partition coefficient (Wildman–Crippen LogP) is -0.477. The van der Waals surface area contributed by atoms with Crippen LogP contribution in [0.3, 0.4) is 0 Å². The van der Waals surface area contributed by atoms with Crippen LogP contribution in [0.1, 0.15) is 0 Å². The third-order valence-corrected chi connectivity index (χ3v) is 0. The van der Waals surface area contributed by atoms with Crippen LogP contribution in [0.2, 0.25) is 0 Å². The largest absolute Gasteiger partial charge is 1.00 e. The fourth-order valence-corrected chi connectivity index (χ4v) is 0. The first kappa shape index (κ1) is 12.6. The van der Waals surface area contributed by atoms with Crippen LogP contribution in [0.5, 0.6) is 0 Å². The smallest absolute Gasteiger partial charge is 1.00 e. The summed E-state index contributed by atoms with van der Waals surface area (Å²) in [6.45, 7) is 0. The Morgan fingerprint density at radius 1 is 0.625 bits per heavy atom. The molecule has 0 aliphatic carbocycles. The normalized spacial score (nSPS) is 20.2. The number of hydrogen-bond donors (Lipinski definition) is 0. The van der Waals surface area contributed by atoms with Crippen molar-refractivity contribution in [1.82, 2.24) is 0 Å². The number of hydrogen-bond acceptors (Lipinski definition) is 0. The molecule has 0 saturated carbocycles. The van der Waals surface area contributed by atoms with Gasteiger partial charge in [-0.25, -0.2) is 0 Å². The van der Waals surface area contributed by atoms with E-state index in [4.69, 9.17) is 0 Å². The Balaban J connectivity index is 0. The van der Waals surface area contributed by atoms with Gasteiger partial charge in [-0.15, -0.1) is 0 Å². The van der Waals surface area contributed by atoms with E-state index in [-0.39, 0.29) is 51.4 Å². The standard InChI is InChI=1S/6FH.K.Pt/h6*1H;;/q;;;;;;+1;+4/p-6. The van der Waals surface area contributed by atoms with Crippen LogP contribution in [0.4, 0.5) is 18.9 Å². The van der Waals surface area contributed by atoms with Crippen molar-refractivity contribution in [3.05, 3.63) is 0 Å². The Morgan fingerprint density at radius 3 is 0.625 bits per heavy atom. The Hall–Kier alpha value is 1.90. The summed E-state index contributed by atoms with van der Waals surface area (Å²) in [6, 6.07) is 0. The molecule has 0 nitrogen and oxygen atoms in total. The summed E-state index contributed by atoms with van der Waals surface area (Å²) in [7, 11) is 0. The van der Waals surface area contributed by atoms with Gasteiger partial charge in [0, 0.05) is 0 Å². The van der Waals surface area contributed by atoms with Gasteiger partial charge in [0.2, 0.25) is 0 Å². The van der Waals surface area contributed by atoms with Crippen LogP contribution >= 0.6 is 0 Å². The molecule has 0 spiro atoms. The quantitative estimate of drug-likeness (QED) is 0.410. The van der Waals surface area contributed by atoms with E-state index >= 15 is 0 Å². The average molecular weight is 348 g/mol. The molecule has 0 bridgehead atoms. The molecule has 0 amide bonds. The van der Waals surface area contributed by atoms with Crippen molar-refractivity contribution in [2.24, 2.45) is 0 Å². The van der Waals surface area contributed by atoms with Crippen molar-refractivity contribution in [2.75, 3.05) is 0 Å². The first-order valence-electron chi connectivity index (χ1n) is 0.717. The molecular weight excluding hydrogens is 348 g/mol. The summed E-state index contributed by atoms with van der Waals surface area (Å²) in [4.78, 5) is 0. The van der Waals surface area contributed by atoms with Gasteiger partial charge in [0.1, 0.15) is 0 Å². The third kappa shape index (κ3) is 104. The van der Waals surface area contributed by atoms with Crippen molar-refractivity contribution >= 4 is 0 Å². The molecule has 0 aromatic heterocycles. The molecule has 0 fully saturated rings. The topological polar surface area (TPSA) is 0 Å². The van der Waals surface area contributed by atoms with Crippen molar-refractivity contribution in [3.8, 4) is 0 Å². The first-order chi connectivity index (χ1) is 2.45. The summed E-state index contributed by atoms with van der Waals surface area (Å²) >= 11 is -11.1. The van der Waals surface area contributed by atoms with Gasteiger partial charge in [0.15, 0.2) is 0 Å². The molecular formula is F6KPt-. The monoisotopic (exact) mass is 348 g/mol. The zero-order chi connectivity index (χ0) is 6.41. The number of rotatable bonds is 0. The molecule has 0 heterocycles. The maximum absolute atomic E-state index is 11.1. The molecule has 0 atom stereocenters. The fourth-order valence-electron chi connectivity index (χ4n) is 0. The zero-order valence-electron chi connectivity index (χ0n) is 3.58. The average Bonchev–Trinajstić information content (AvgIpc) is 0.592. The van der Waals surface area contributed by atoms with Crippen molar-refractivity contribution < 1.29 is 87.0 Å². The van der Waals surface area contributed by atoms with E-state index in [1.54, 1.807) is 0 Å². The third-order valence-electron chi connectivity index (χ3n) is 0. The summed E-state index contributed by atoms with van der Waals surface area (Å²) in [6.07, 6.45) is 0. The van der Waals surface area contributed by atoms with E-state index in [0.717, 1.165) is 0 Å². The van der Waals surface area contributed by atoms with Gasteiger partial charge < -0.3 is 0 Å². The van der Waals surface area contributed by atoms with Crippen LogP contribution in [0.15, 0.2) is 0 Å². The van der Waals surface area contributed by atoms with Gasteiger partial charge >= 0.3 is 87.0 Å². The summed E-state index contributed by atoms with van der Waals surface area (Å²) < 4.78 is 59.5. The summed E-state index contributed by atoms with van der Waals surface area (Å²) in [5.41, 5.74) is 0. The minimum Gasteiger partial charge on any atom is 1.00 e. The van der Waals surface area contributed by atoms with Gasteiger partial charge in [-0.1, -0.05) is 0 Å². The second kappa shape index (κ2) is 1.95. The molecule has 0 rings (SSSR count). The summed E-state index contributed by atoms with van der Waals surface area (Å²) in [5, 5.41) is 0. The molecule has 0 aromatic rings. The Kier molecular flexibility index (Phi) is 3.06. The minimum atomic E-state index is -11.1. The van der Waals surface area contributed by atoms with Gasteiger partial charge in [0.25, 0.3) is 0 Å². The second-order valence-electron chi connectivity index (χ2n) is 0.678. The molecule has 0 N–H and O–H groups in total. The van der Waals surface area contributed by atoms with E-state index in [1.807, 2.05) is 0 Å². The van der Waals surface area contributed by atoms with E-state index in [1.165, 1.54) is 0 Å².